The molecule has 8 heteroatoms. The van der Waals surface area contributed by atoms with E-state index in [2.05, 4.69) is 15.3 Å². The van der Waals surface area contributed by atoms with Crippen molar-refractivity contribution in [2.75, 3.05) is 5.32 Å². The third kappa shape index (κ3) is 3.40. The van der Waals surface area contributed by atoms with Crippen LogP contribution in [0.5, 0.6) is 0 Å². The van der Waals surface area contributed by atoms with Gasteiger partial charge in [-0.3, -0.25) is 4.79 Å². The van der Waals surface area contributed by atoms with E-state index in [4.69, 9.17) is 5.26 Å². The molecule has 2 aromatic heterocycles. The molecule has 0 fully saturated rings. The normalized spacial score (nSPS) is 10.4. The Kier molecular flexibility index (Phi) is 4.47. The number of rotatable bonds is 4. The standard InChI is InChI=1S/C21H13N5O3/c22-10-13-6-8-14(9-7-13)24-21-23-11-16-18(27)17(20(28)29)12-26(19(16)25-21)15-4-2-1-3-5-15/h1-9,11-12H,(H,28,29)(H,23,24,25). The summed E-state index contributed by atoms with van der Waals surface area (Å²) >= 11 is 0. The fourth-order valence-electron chi connectivity index (χ4n) is 2.87. The molecule has 2 heterocycles. The molecule has 29 heavy (non-hydrogen) atoms. The zero-order valence-corrected chi connectivity index (χ0v) is 14.9. The van der Waals surface area contributed by atoms with Crippen molar-refractivity contribution in [3.05, 3.63) is 88.3 Å². The number of hydrogen-bond acceptors (Lipinski definition) is 6. The Morgan fingerprint density at radius 2 is 1.83 bits per heavy atom. The van der Waals surface area contributed by atoms with Crippen molar-refractivity contribution in [3.8, 4) is 11.8 Å². The van der Waals surface area contributed by atoms with E-state index in [9.17, 15) is 14.7 Å². The molecule has 140 valence electrons. The Balaban J connectivity index is 1.88. The van der Waals surface area contributed by atoms with Gasteiger partial charge in [-0.25, -0.2) is 9.78 Å². The molecule has 4 rings (SSSR count). The van der Waals surface area contributed by atoms with Gasteiger partial charge in [0.2, 0.25) is 11.4 Å². The molecule has 0 saturated carbocycles. The third-order valence-electron chi connectivity index (χ3n) is 4.28. The molecule has 0 aliphatic heterocycles. The van der Waals surface area contributed by atoms with Gasteiger partial charge in [-0.1, -0.05) is 18.2 Å². The second-order valence-corrected chi connectivity index (χ2v) is 6.13. The number of hydrogen-bond donors (Lipinski definition) is 2. The van der Waals surface area contributed by atoms with Gasteiger partial charge in [0.15, 0.2) is 5.65 Å². The number of carboxylic acid groups (broad SMARTS) is 1. The number of aromatic carboxylic acids is 1. The number of nitrogens with one attached hydrogen (secondary N) is 1. The molecular formula is C21H13N5O3. The number of aromatic nitrogens is 3. The molecule has 8 nitrogen and oxygen atoms in total. The van der Waals surface area contributed by atoms with Crippen LogP contribution in [0.1, 0.15) is 15.9 Å². The molecular weight excluding hydrogens is 370 g/mol. The topological polar surface area (TPSA) is 121 Å². The first-order chi connectivity index (χ1) is 14.1. The first-order valence-corrected chi connectivity index (χ1v) is 8.55. The quantitative estimate of drug-likeness (QED) is 0.555. The predicted molar refractivity (Wildman–Crippen MR) is 107 cm³/mol. The third-order valence-corrected chi connectivity index (χ3v) is 4.28. The number of para-hydroxylation sites is 1. The van der Waals surface area contributed by atoms with E-state index in [1.807, 2.05) is 12.1 Å². The summed E-state index contributed by atoms with van der Waals surface area (Å²) in [6.07, 6.45) is 2.57. The average Bonchev–Trinajstić information content (AvgIpc) is 2.75. The van der Waals surface area contributed by atoms with Crippen molar-refractivity contribution in [1.29, 1.82) is 5.26 Å². The molecule has 0 bridgehead atoms. The highest BCUT2D eigenvalue weighted by molar-refractivity contribution is 5.92. The Morgan fingerprint density at radius 1 is 1.10 bits per heavy atom. The first-order valence-electron chi connectivity index (χ1n) is 8.55. The minimum Gasteiger partial charge on any atom is -0.477 e. The number of fused-ring (bicyclic) bond motifs is 1. The van der Waals surface area contributed by atoms with Crippen LogP contribution in [-0.2, 0) is 0 Å². The van der Waals surface area contributed by atoms with Gasteiger partial charge in [0, 0.05) is 23.8 Å². The second kappa shape index (κ2) is 7.25. The van der Waals surface area contributed by atoms with E-state index in [0.29, 0.717) is 16.9 Å². The number of anilines is 2. The fourth-order valence-corrected chi connectivity index (χ4v) is 2.87. The number of carbonyl (C=O) groups is 1. The summed E-state index contributed by atoms with van der Waals surface area (Å²) in [5.41, 5.74) is 1.11. The van der Waals surface area contributed by atoms with Crippen LogP contribution in [0.4, 0.5) is 11.6 Å². The van der Waals surface area contributed by atoms with Gasteiger partial charge >= 0.3 is 5.97 Å². The number of carboxylic acids is 1. The maximum absolute atomic E-state index is 12.6. The van der Waals surface area contributed by atoms with Crippen molar-refractivity contribution >= 4 is 28.6 Å². The predicted octanol–water partition coefficient (Wildman–Crippen LogP) is 3.09. The molecule has 2 aromatic carbocycles. The molecule has 0 unspecified atom stereocenters. The molecule has 0 amide bonds. The van der Waals surface area contributed by atoms with E-state index < -0.39 is 11.4 Å². The van der Waals surface area contributed by atoms with Gasteiger partial charge in [-0.05, 0) is 36.4 Å². The van der Waals surface area contributed by atoms with Gasteiger partial charge in [0.05, 0.1) is 17.0 Å². The lowest BCUT2D eigenvalue weighted by Crippen LogP contribution is -2.19. The van der Waals surface area contributed by atoms with Crippen LogP contribution in [-0.4, -0.2) is 25.6 Å². The zero-order valence-electron chi connectivity index (χ0n) is 14.9. The molecule has 0 radical (unpaired) electrons. The van der Waals surface area contributed by atoms with Crippen molar-refractivity contribution in [1.82, 2.24) is 14.5 Å². The van der Waals surface area contributed by atoms with Crippen molar-refractivity contribution in [2.24, 2.45) is 0 Å². The highest BCUT2D eigenvalue weighted by Crippen LogP contribution is 2.19. The van der Waals surface area contributed by atoms with Crippen LogP contribution in [0.3, 0.4) is 0 Å². The summed E-state index contributed by atoms with van der Waals surface area (Å²) in [4.78, 5) is 32.7. The van der Waals surface area contributed by atoms with E-state index in [1.165, 1.54) is 12.4 Å². The monoisotopic (exact) mass is 383 g/mol. The lowest BCUT2D eigenvalue weighted by Gasteiger charge is -2.12. The summed E-state index contributed by atoms with van der Waals surface area (Å²) in [5, 5.41) is 21.4. The van der Waals surface area contributed by atoms with Gasteiger partial charge < -0.3 is 15.0 Å². The number of nitriles is 1. The highest BCUT2D eigenvalue weighted by Gasteiger charge is 2.17. The molecule has 0 atom stereocenters. The molecule has 4 aromatic rings. The van der Waals surface area contributed by atoms with Crippen LogP contribution in [0.15, 0.2) is 71.8 Å². The average molecular weight is 383 g/mol. The van der Waals surface area contributed by atoms with Crippen LogP contribution >= 0.6 is 0 Å². The maximum atomic E-state index is 12.6. The Bertz CT molecular complexity index is 1320. The summed E-state index contributed by atoms with van der Waals surface area (Å²) < 4.78 is 1.55. The van der Waals surface area contributed by atoms with Crippen LogP contribution in [0, 0.1) is 11.3 Å². The first kappa shape index (κ1) is 17.9. The minimum absolute atomic E-state index is 0.0964. The van der Waals surface area contributed by atoms with Gasteiger partial charge in [-0.2, -0.15) is 10.2 Å². The lowest BCUT2D eigenvalue weighted by molar-refractivity contribution is 0.0695. The largest absolute Gasteiger partial charge is 0.477 e. The fraction of sp³-hybridized carbons (Fsp3) is 0. The SMILES string of the molecule is N#Cc1ccc(Nc2ncc3c(=O)c(C(=O)O)cn(-c4ccccc4)c3n2)cc1. The summed E-state index contributed by atoms with van der Waals surface area (Å²) in [7, 11) is 0. The van der Waals surface area contributed by atoms with Crippen LogP contribution < -0.4 is 10.7 Å². The highest BCUT2D eigenvalue weighted by atomic mass is 16.4. The summed E-state index contributed by atoms with van der Waals surface area (Å²) in [6.45, 7) is 0. The van der Waals surface area contributed by atoms with Gasteiger partial charge in [-0.15, -0.1) is 0 Å². The zero-order chi connectivity index (χ0) is 20.4. The van der Waals surface area contributed by atoms with Crippen molar-refractivity contribution in [3.63, 3.8) is 0 Å². The Hall–Kier alpha value is -4.51. The Labute approximate surface area is 164 Å². The van der Waals surface area contributed by atoms with E-state index in [-0.39, 0.29) is 22.5 Å². The molecule has 0 aliphatic carbocycles. The van der Waals surface area contributed by atoms with Crippen LogP contribution in [0.2, 0.25) is 0 Å². The molecule has 2 N–H and O–H groups in total. The van der Waals surface area contributed by atoms with Crippen molar-refractivity contribution in [2.45, 2.75) is 0 Å². The van der Waals surface area contributed by atoms with Gasteiger partial charge in [0.1, 0.15) is 5.56 Å². The van der Waals surface area contributed by atoms with E-state index in [0.717, 1.165) is 0 Å². The summed E-state index contributed by atoms with van der Waals surface area (Å²) in [6, 6.07) is 17.8. The van der Waals surface area contributed by atoms with Gasteiger partial charge in [0.25, 0.3) is 0 Å². The number of nitrogens with zero attached hydrogens (tertiary/aromatic N) is 4. The number of pyridine rings is 1. The van der Waals surface area contributed by atoms with E-state index in [1.54, 1.807) is 53.1 Å². The second-order valence-electron chi connectivity index (χ2n) is 6.13. The number of benzene rings is 2. The molecule has 0 aliphatic rings. The van der Waals surface area contributed by atoms with Crippen molar-refractivity contribution < 1.29 is 9.90 Å². The minimum atomic E-state index is -1.32. The van der Waals surface area contributed by atoms with Crippen LogP contribution in [0.25, 0.3) is 16.7 Å². The Morgan fingerprint density at radius 3 is 2.48 bits per heavy atom. The molecule has 0 saturated heterocycles. The molecule has 0 spiro atoms. The maximum Gasteiger partial charge on any atom is 0.341 e. The summed E-state index contributed by atoms with van der Waals surface area (Å²) in [5.74, 6) is -1.09. The smallest absolute Gasteiger partial charge is 0.341 e. The van der Waals surface area contributed by atoms with E-state index >= 15 is 0 Å². The lowest BCUT2D eigenvalue weighted by atomic mass is 10.2.